The third kappa shape index (κ3) is 1.69. The second kappa shape index (κ2) is 3.74. The quantitative estimate of drug-likeness (QED) is 0.759. The van der Waals surface area contributed by atoms with Crippen LogP contribution in [0, 0.1) is 5.41 Å². The van der Waals surface area contributed by atoms with Gasteiger partial charge < -0.3 is 5.73 Å². The molecule has 14 heavy (non-hydrogen) atoms. The van der Waals surface area contributed by atoms with Crippen molar-refractivity contribution in [3.8, 4) is 0 Å². The third-order valence-corrected chi connectivity index (χ3v) is 3.66. The van der Waals surface area contributed by atoms with Crippen LogP contribution in [-0.2, 0) is 0 Å². The van der Waals surface area contributed by atoms with Crippen LogP contribution in [0.1, 0.15) is 44.2 Å². The molecule has 1 aliphatic rings. The molecule has 0 saturated heterocycles. The van der Waals surface area contributed by atoms with Crippen molar-refractivity contribution in [2.45, 2.75) is 38.6 Å². The lowest BCUT2D eigenvalue weighted by molar-refractivity contribution is 0.265. The van der Waals surface area contributed by atoms with Crippen LogP contribution in [0.2, 0.25) is 0 Å². The van der Waals surface area contributed by atoms with E-state index < -0.39 is 0 Å². The molecule has 1 nitrogen and oxygen atoms in total. The molecule has 76 valence electrons. The normalized spacial score (nSPS) is 22.1. The summed E-state index contributed by atoms with van der Waals surface area (Å²) in [7, 11) is 0. The van der Waals surface area contributed by atoms with E-state index in [-0.39, 0.29) is 6.04 Å². The lowest BCUT2D eigenvalue weighted by atomic mass is 9.78. The molecule has 1 fully saturated rings. The summed E-state index contributed by atoms with van der Waals surface area (Å²) in [5.41, 5.74) is 7.96. The predicted octanol–water partition coefficient (Wildman–Crippen LogP) is 3.27. The fourth-order valence-electron chi connectivity index (χ4n) is 2.56. The molecule has 1 heteroatoms. The molecular weight excluding hydrogens is 170 g/mol. The number of benzene rings is 1. The van der Waals surface area contributed by atoms with Crippen molar-refractivity contribution in [1.29, 1.82) is 0 Å². The van der Waals surface area contributed by atoms with Crippen LogP contribution >= 0.6 is 0 Å². The molecule has 0 spiro atoms. The predicted molar refractivity (Wildman–Crippen MR) is 59.9 cm³/mol. The van der Waals surface area contributed by atoms with Crippen molar-refractivity contribution >= 4 is 0 Å². The zero-order chi connectivity index (χ0) is 10.0. The number of hydrogen-bond donors (Lipinski definition) is 1. The van der Waals surface area contributed by atoms with Crippen LogP contribution in [-0.4, -0.2) is 0 Å². The molecule has 0 amide bonds. The average Bonchev–Trinajstić information content (AvgIpc) is 2.67. The van der Waals surface area contributed by atoms with E-state index in [1.807, 2.05) is 6.07 Å². The van der Waals surface area contributed by atoms with Gasteiger partial charge in [0.1, 0.15) is 0 Å². The Balaban J connectivity index is 2.19. The van der Waals surface area contributed by atoms with Crippen LogP contribution in [0.25, 0.3) is 0 Å². The molecule has 1 aromatic rings. The zero-order valence-corrected chi connectivity index (χ0v) is 8.87. The SMILES string of the molecule is CC1(C(N)c2ccccc2)CCCC1. The van der Waals surface area contributed by atoms with Crippen molar-refractivity contribution in [2.24, 2.45) is 11.1 Å². The van der Waals surface area contributed by atoms with E-state index in [9.17, 15) is 0 Å². The first-order chi connectivity index (χ1) is 6.72. The van der Waals surface area contributed by atoms with Gasteiger partial charge in [0.2, 0.25) is 0 Å². The van der Waals surface area contributed by atoms with Gasteiger partial charge in [-0.2, -0.15) is 0 Å². The van der Waals surface area contributed by atoms with Crippen molar-refractivity contribution < 1.29 is 0 Å². The first-order valence-corrected chi connectivity index (χ1v) is 5.53. The van der Waals surface area contributed by atoms with Crippen LogP contribution in [0.3, 0.4) is 0 Å². The molecule has 1 unspecified atom stereocenters. The van der Waals surface area contributed by atoms with Gasteiger partial charge in [0.25, 0.3) is 0 Å². The zero-order valence-electron chi connectivity index (χ0n) is 8.87. The minimum Gasteiger partial charge on any atom is -0.323 e. The maximum absolute atomic E-state index is 6.33. The maximum Gasteiger partial charge on any atom is 0.0349 e. The Morgan fingerprint density at radius 3 is 2.29 bits per heavy atom. The van der Waals surface area contributed by atoms with Gasteiger partial charge in [0.05, 0.1) is 0 Å². The monoisotopic (exact) mass is 189 g/mol. The van der Waals surface area contributed by atoms with Crippen molar-refractivity contribution in [3.05, 3.63) is 35.9 Å². The summed E-state index contributed by atoms with van der Waals surface area (Å²) in [5, 5.41) is 0. The topological polar surface area (TPSA) is 26.0 Å². The Morgan fingerprint density at radius 2 is 1.71 bits per heavy atom. The van der Waals surface area contributed by atoms with E-state index in [0.29, 0.717) is 5.41 Å². The highest BCUT2D eigenvalue weighted by Gasteiger charge is 2.35. The van der Waals surface area contributed by atoms with Gasteiger partial charge in [-0.1, -0.05) is 50.1 Å². The van der Waals surface area contributed by atoms with Gasteiger partial charge in [-0.05, 0) is 23.8 Å². The van der Waals surface area contributed by atoms with E-state index >= 15 is 0 Å². The molecule has 1 atom stereocenters. The highest BCUT2D eigenvalue weighted by Crippen LogP contribution is 2.45. The largest absolute Gasteiger partial charge is 0.323 e. The Hall–Kier alpha value is -0.820. The van der Waals surface area contributed by atoms with Gasteiger partial charge >= 0.3 is 0 Å². The summed E-state index contributed by atoms with van der Waals surface area (Å²) in [6.07, 6.45) is 5.25. The number of nitrogens with two attached hydrogens (primary N) is 1. The third-order valence-electron chi connectivity index (χ3n) is 3.66. The average molecular weight is 189 g/mol. The van der Waals surface area contributed by atoms with E-state index in [0.717, 1.165) is 0 Å². The van der Waals surface area contributed by atoms with Crippen molar-refractivity contribution in [2.75, 3.05) is 0 Å². The summed E-state index contributed by atoms with van der Waals surface area (Å²) in [5.74, 6) is 0. The molecule has 0 aliphatic heterocycles. The molecule has 0 heterocycles. The Kier molecular flexibility index (Phi) is 2.60. The maximum atomic E-state index is 6.33. The first-order valence-electron chi connectivity index (χ1n) is 5.53. The van der Waals surface area contributed by atoms with E-state index in [4.69, 9.17) is 5.73 Å². The molecule has 0 bridgehead atoms. The highest BCUT2D eigenvalue weighted by atomic mass is 14.7. The molecular formula is C13H19N. The standard InChI is InChI=1S/C13H19N/c1-13(9-5-6-10-13)12(14)11-7-3-2-4-8-11/h2-4,7-8,12H,5-6,9-10,14H2,1H3. The fraction of sp³-hybridized carbons (Fsp3) is 0.538. The van der Waals surface area contributed by atoms with Crippen LogP contribution in [0.15, 0.2) is 30.3 Å². The van der Waals surface area contributed by atoms with Gasteiger partial charge in [0.15, 0.2) is 0 Å². The van der Waals surface area contributed by atoms with Gasteiger partial charge in [0, 0.05) is 6.04 Å². The van der Waals surface area contributed by atoms with Crippen molar-refractivity contribution in [1.82, 2.24) is 0 Å². The van der Waals surface area contributed by atoms with E-state index in [1.54, 1.807) is 0 Å². The number of rotatable bonds is 2. The summed E-state index contributed by atoms with van der Waals surface area (Å²) < 4.78 is 0. The van der Waals surface area contributed by atoms with Gasteiger partial charge in [-0.15, -0.1) is 0 Å². The summed E-state index contributed by atoms with van der Waals surface area (Å²) in [6.45, 7) is 2.33. The Bertz CT molecular complexity index is 285. The molecule has 1 saturated carbocycles. The minimum absolute atomic E-state index is 0.214. The lowest BCUT2D eigenvalue weighted by Gasteiger charge is -2.31. The van der Waals surface area contributed by atoms with Gasteiger partial charge in [-0.25, -0.2) is 0 Å². The van der Waals surface area contributed by atoms with E-state index in [1.165, 1.54) is 31.2 Å². The molecule has 2 N–H and O–H groups in total. The number of hydrogen-bond acceptors (Lipinski definition) is 1. The lowest BCUT2D eigenvalue weighted by Crippen LogP contribution is -2.29. The second-order valence-electron chi connectivity index (χ2n) is 4.75. The summed E-state index contributed by atoms with van der Waals surface area (Å²) in [4.78, 5) is 0. The van der Waals surface area contributed by atoms with Crippen LogP contribution in [0.5, 0.6) is 0 Å². The Labute approximate surface area is 86.3 Å². The molecule has 0 radical (unpaired) electrons. The smallest absolute Gasteiger partial charge is 0.0349 e. The summed E-state index contributed by atoms with van der Waals surface area (Å²) >= 11 is 0. The van der Waals surface area contributed by atoms with Gasteiger partial charge in [-0.3, -0.25) is 0 Å². The molecule has 1 aliphatic carbocycles. The second-order valence-corrected chi connectivity index (χ2v) is 4.75. The fourth-order valence-corrected chi connectivity index (χ4v) is 2.56. The summed E-state index contributed by atoms with van der Waals surface area (Å²) in [6, 6.07) is 10.7. The Morgan fingerprint density at radius 1 is 1.14 bits per heavy atom. The highest BCUT2D eigenvalue weighted by molar-refractivity contribution is 5.21. The van der Waals surface area contributed by atoms with Crippen LogP contribution in [0.4, 0.5) is 0 Å². The van der Waals surface area contributed by atoms with Crippen LogP contribution < -0.4 is 5.73 Å². The molecule has 1 aromatic carbocycles. The first kappa shape index (κ1) is 9.72. The molecule has 0 aromatic heterocycles. The van der Waals surface area contributed by atoms with Crippen molar-refractivity contribution in [3.63, 3.8) is 0 Å². The minimum atomic E-state index is 0.214. The molecule has 2 rings (SSSR count). The van der Waals surface area contributed by atoms with E-state index in [2.05, 4.69) is 31.2 Å².